The lowest BCUT2D eigenvalue weighted by atomic mass is 9.94. The minimum Gasteiger partial charge on any atom is -0.372 e. The van der Waals surface area contributed by atoms with Crippen molar-refractivity contribution in [3.63, 3.8) is 0 Å². The Morgan fingerprint density at radius 2 is 2.00 bits per heavy atom. The highest BCUT2D eigenvalue weighted by atomic mass is 32.2. The van der Waals surface area contributed by atoms with Crippen molar-refractivity contribution in [3.8, 4) is 0 Å². The van der Waals surface area contributed by atoms with Crippen LogP contribution in [0.25, 0.3) is 0 Å². The fraction of sp³-hybridized carbons (Fsp3) is 1.00. The van der Waals surface area contributed by atoms with Crippen molar-refractivity contribution in [2.75, 3.05) is 11.5 Å². The van der Waals surface area contributed by atoms with Gasteiger partial charge in [0.2, 0.25) is 0 Å². The summed E-state index contributed by atoms with van der Waals surface area (Å²) < 4.78 is 6.36. The molecule has 0 aromatic rings. The summed E-state index contributed by atoms with van der Waals surface area (Å²) >= 11 is 2.02. The van der Waals surface area contributed by atoms with E-state index in [1.165, 1.54) is 50.7 Å². The molecule has 3 atom stereocenters. The van der Waals surface area contributed by atoms with E-state index in [0.29, 0.717) is 23.7 Å². The lowest BCUT2D eigenvalue weighted by Gasteiger charge is -2.25. The minimum absolute atomic E-state index is 0.306. The summed E-state index contributed by atoms with van der Waals surface area (Å²) in [7, 11) is 0. The molecule has 3 heteroatoms. The van der Waals surface area contributed by atoms with Gasteiger partial charge in [-0.25, -0.2) is 0 Å². The van der Waals surface area contributed by atoms with Crippen LogP contribution in [0.15, 0.2) is 0 Å². The zero-order chi connectivity index (χ0) is 11.0. The van der Waals surface area contributed by atoms with Gasteiger partial charge in [-0.3, -0.25) is 0 Å². The highest BCUT2D eigenvalue weighted by Gasteiger charge is 2.43. The van der Waals surface area contributed by atoms with Crippen molar-refractivity contribution in [2.45, 2.75) is 62.7 Å². The Morgan fingerprint density at radius 3 is 2.69 bits per heavy atom. The van der Waals surface area contributed by atoms with Crippen molar-refractivity contribution < 1.29 is 4.74 Å². The van der Waals surface area contributed by atoms with E-state index in [2.05, 4.69) is 0 Å². The molecule has 0 radical (unpaired) electrons. The minimum atomic E-state index is 0.306. The van der Waals surface area contributed by atoms with Gasteiger partial charge < -0.3 is 10.5 Å². The Labute approximate surface area is 103 Å². The van der Waals surface area contributed by atoms with Crippen molar-refractivity contribution in [1.29, 1.82) is 0 Å². The van der Waals surface area contributed by atoms with E-state index in [-0.39, 0.29) is 0 Å². The molecule has 1 spiro atoms. The molecule has 2 heterocycles. The first-order chi connectivity index (χ1) is 7.77. The standard InChI is InChI=1S/C13H23NOS/c14-12-9-16-8-10(12)7-11-3-6-13(15-11)4-1-2-5-13/h10-12H,1-9,14H2. The smallest absolute Gasteiger partial charge is 0.0687 e. The number of nitrogens with two attached hydrogens (primary N) is 1. The van der Waals surface area contributed by atoms with E-state index in [0.717, 1.165) is 5.75 Å². The molecule has 2 aliphatic heterocycles. The molecule has 2 saturated heterocycles. The topological polar surface area (TPSA) is 35.2 Å². The van der Waals surface area contributed by atoms with Crippen LogP contribution in [0.2, 0.25) is 0 Å². The SMILES string of the molecule is NC1CSCC1CC1CCC2(CCCC2)O1. The normalized spacial score (nSPS) is 42.2. The van der Waals surface area contributed by atoms with Crippen LogP contribution < -0.4 is 5.73 Å². The van der Waals surface area contributed by atoms with Gasteiger partial charge in [0.25, 0.3) is 0 Å². The second kappa shape index (κ2) is 4.51. The highest BCUT2D eigenvalue weighted by Crippen LogP contribution is 2.45. The molecule has 0 aromatic heterocycles. The maximum atomic E-state index is 6.36. The summed E-state index contributed by atoms with van der Waals surface area (Å²) in [6, 6.07) is 0.425. The average molecular weight is 241 g/mol. The maximum Gasteiger partial charge on any atom is 0.0687 e. The molecule has 3 unspecified atom stereocenters. The van der Waals surface area contributed by atoms with Gasteiger partial charge in [-0.15, -0.1) is 0 Å². The molecule has 0 bridgehead atoms. The second-order valence-electron chi connectivity index (χ2n) is 5.87. The fourth-order valence-corrected chi connectivity index (χ4v) is 5.01. The van der Waals surface area contributed by atoms with E-state index >= 15 is 0 Å². The van der Waals surface area contributed by atoms with E-state index in [1.54, 1.807) is 0 Å². The average Bonchev–Trinajstić information content (AvgIpc) is 2.96. The molecule has 92 valence electrons. The first-order valence-corrected chi connectivity index (χ1v) is 7.94. The van der Waals surface area contributed by atoms with Gasteiger partial charge in [0.15, 0.2) is 0 Å². The second-order valence-corrected chi connectivity index (χ2v) is 6.94. The van der Waals surface area contributed by atoms with Gasteiger partial charge in [-0.05, 0) is 43.8 Å². The first kappa shape index (κ1) is 11.4. The number of hydrogen-bond donors (Lipinski definition) is 1. The van der Waals surface area contributed by atoms with E-state index in [9.17, 15) is 0 Å². The number of ether oxygens (including phenoxy) is 1. The van der Waals surface area contributed by atoms with Crippen molar-refractivity contribution in [3.05, 3.63) is 0 Å². The van der Waals surface area contributed by atoms with Crippen molar-refractivity contribution in [2.24, 2.45) is 11.7 Å². The Kier molecular flexibility index (Phi) is 3.20. The highest BCUT2D eigenvalue weighted by molar-refractivity contribution is 7.99. The van der Waals surface area contributed by atoms with Crippen LogP contribution in [0.1, 0.15) is 44.9 Å². The summed E-state index contributed by atoms with van der Waals surface area (Å²) in [6.45, 7) is 0. The van der Waals surface area contributed by atoms with Gasteiger partial charge in [0.1, 0.15) is 0 Å². The largest absolute Gasteiger partial charge is 0.372 e. The van der Waals surface area contributed by atoms with Crippen LogP contribution in [0.5, 0.6) is 0 Å². The molecule has 1 saturated carbocycles. The van der Waals surface area contributed by atoms with Crippen LogP contribution in [0.3, 0.4) is 0 Å². The van der Waals surface area contributed by atoms with Gasteiger partial charge >= 0.3 is 0 Å². The van der Waals surface area contributed by atoms with E-state index in [4.69, 9.17) is 10.5 Å². The van der Waals surface area contributed by atoms with Crippen molar-refractivity contribution in [1.82, 2.24) is 0 Å². The van der Waals surface area contributed by atoms with Gasteiger partial charge in [-0.2, -0.15) is 11.8 Å². The van der Waals surface area contributed by atoms with Crippen LogP contribution in [-0.2, 0) is 4.74 Å². The molecule has 3 aliphatic rings. The molecule has 0 aromatic carbocycles. The molecule has 2 N–H and O–H groups in total. The summed E-state index contributed by atoms with van der Waals surface area (Å²) in [5, 5.41) is 0. The van der Waals surface area contributed by atoms with Gasteiger partial charge in [0.05, 0.1) is 11.7 Å². The molecule has 2 nitrogen and oxygen atoms in total. The Bertz CT molecular complexity index is 252. The van der Waals surface area contributed by atoms with Gasteiger partial charge in [-0.1, -0.05) is 12.8 Å². The summed E-state index contributed by atoms with van der Waals surface area (Å²) in [5.41, 5.74) is 6.43. The first-order valence-electron chi connectivity index (χ1n) is 6.79. The maximum absolute atomic E-state index is 6.36. The summed E-state index contributed by atoms with van der Waals surface area (Å²) in [6.07, 6.45) is 9.73. The van der Waals surface area contributed by atoms with Crippen LogP contribution in [-0.4, -0.2) is 29.3 Å². The Balaban J connectivity index is 1.53. The zero-order valence-electron chi connectivity index (χ0n) is 9.99. The number of hydrogen-bond acceptors (Lipinski definition) is 3. The molecular formula is C13H23NOS. The molecular weight excluding hydrogens is 218 g/mol. The third-order valence-electron chi connectivity index (χ3n) is 4.67. The number of thioether (sulfide) groups is 1. The van der Waals surface area contributed by atoms with Crippen LogP contribution in [0.4, 0.5) is 0 Å². The Hall–Kier alpha value is 0.270. The number of rotatable bonds is 2. The Morgan fingerprint density at radius 1 is 1.19 bits per heavy atom. The third kappa shape index (κ3) is 2.14. The molecule has 3 rings (SSSR count). The molecule has 16 heavy (non-hydrogen) atoms. The lowest BCUT2D eigenvalue weighted by Crippen LogP contribution is -2.32. The quantitative estimate of drug-likeness (QED) is 0.807. The predicted octanol–water partition coefficient (Wildman–Crippen LogP) is 2.56. The van der Waals surface area contributed by atoms with Crippen LogP contribution in [0, 0.1) is 5.92 Å². The molecule has 3 fully saturated rings. The lowest BCUT2D eigenvalue weighted by molar-refractivity contribution is -0.0437. The van der Waals surface area contributed by atoms with E-state index < -0.39 is 0 Å². The summed E-state index contributed by atoms with van der Waals surface area (Å²) in [5.74, 6) is 3.13. The fourth-order valence-electron chi connectivity index (χ4n) is 3.64. The monoisotopic (exact) mass is 241 g/mol. The van der Waals surface area contributed by atoms with Crippen molar-refractivity contribution >= 4 is 11.8 Å². The predicted molar refractivity (Wildman–Crippen MR) is 68.7 cm³/mol. The zero-order valence-corrected chi connectivity index (χ0v) is 10.8. The van der Waals surface area contributed by atoms with Gasteiger partial charge in [0, 0.05) is 11.8 Å². The third-order valence-corrected chi connectivity index (χ3v) is 5.95. The summed E-state index contributed by atoms with van der Waals surface area (Å²) in [4.78, 5) is 0. The molecule has 0 amide bonds. The van der Waals surface area contributed by atoms with E-state index in [1.807, 2.05) is 11.8 Å². The van der Waals surface area contributed by atoms with Crippen LogP contribution >= 0.6 is 11.8 Å². The molecule has 1 aliphatic carbocycles.